The molecule has 1 N–H and O–H groups in total. The average Bonchev–Trinajstić information content (AvgIpc) is 2.94. The Morgan fingerprint density at radius 2 is 1.32 bits per heavy atom. The number of carbonyl (C=O) groups is 1. The van der Waals surface area contributed by atoms with Crippen LogP contribution in [-0.2, 0) is 32.6 Å². The van der Waals surface area contributed by atoms with E-state index in [4.69, 9.17) is 18.5 Å². The molecule has 0 aromatic heterocycles. The lowest BCUT2D eigenvalue weighted by Gasteiger charge is -2.20. The molecule has 238 valence electrons. The molecule has 0 bridgehead atoms. The number of hydrogen-bond donors (Lipinski definition) is 1. The van der Waals surface area contributed by atoms with Crippen molar-refractivity contribution in [3.05, 3.63) is 0 Å². The first-order valence-corrected chi connectivity index (χ1v) is 17.2. The van der Waals surface area contributed by atoms with Gasteiger partial charge in [-0.3, -0.25) is 18.8 Å². The number of phosphoric ester groups is 1. The molecule has 0 radical (unpaired) electrons. The number of rotatable bonds is 30. The third-order valence-electron chi connectivity index (χ3n) is 6.59. The van der Waals surface area contributed by atoms with Crippen LogP contribution in [0.25, 0.3) is 0 Å². The number of methoxy groups -OCH3 is 1. The van der Waals surface area contributed by atoms with Crippen molar-refractivity contribution in [1.29, 1.82) is 0 Å². The second-order valence-electron chi connectivity index (χ2n) is 10.4. The van der Waals surface area contributed by atoms with Crippen LogP contribution >= 0.6 is 7.82 Å². The standard InChI is InChI=1S/C30H60NO8P/c1-5-7-8-9-10-11-12-13-14-15-16-17-18-20-23-36-26-29(37-24-21-19-22-30(32)35-4)27-39-40(33,34)38-25-28(3)31-6-2/h29H,5-27H2,1-4H3,(H,33,34). The molecule has 0 aliphatic heterocycles. The van der Waals surface area contributed by atoms with Crippen LogP contribution in [0, 0.1) is 0 Å². The van der Waals surface area contributed by atoms with Crippen molar-refractivity contribution < 1.29 is 37.5 Å². The highest BCUT2D eigenvalue weighted by atomic mass is 31.2. The molecule has 0 aliphatic rings. The van der Waals surface area contributed by atoms with Crippen LogP contribution in [-0.4, -0.2) is 69.4 Å². The molecule has 0 spiro atoms. The lowest BCUT2D eigenvalue weighted by molar-refractivity contribution is -0.140. The van der Waals surface area contributed by atoms with Crippen LogP contribution < -0.4 is 0 Å². The highest BCUT2D eigenvalue weighted by Gasteiger charge is 2.24. The van der Waals surface area contributed by atoms with Crippen LogP contribution in [0.15, 0.2) is 4.99 Å². The summed E-state index contributed by atoms with van der Waals surface area (Å²) in [5.41, 5.74) is 0.621. The van der Waals surface area contributed by atoms with E-state index in [1.807, 2.05) is 6.92 Å². The molecular weight excluding hydrogens is 533 g/mol. The number of ether oxygens (including phenoxy) is 3. The smallest absolute Gasteiger partial charge is 0.469 e. The minimum Gasteiger partial charge on any atom is -0.469 e. The van der Waals surface area contributed by atoms with Crippen LogP contribution in [0.1, 0.15) is 130 Å². The molecule has 0 amide bonds. The summed E-state index contributed by atoms with van der Waals surface area (Å²) >= 11 is 0. The molecular formula is C30H60NO8P. The lowest BCUT2D eigenvalue weighted by Crippen LogP contribution is -2.26. The normalized spacial score (nSPS) is 14.3. The Bertz CT molecular complexity index is 662. The number of aliphatic imine (C=N–C) groups is 1. The molecule has 0 rings (SSSR count). The first kappa shape index (κ1) is 39.2. The van der Waals surface area contributed by atoms with Crippen molar-refractivity contribution in [2.45, 2.75) is 136 Å². The van der Waals surface area contributed by atoms with Gasteiger partial charge in [-0.1, -0.05) is 90.4 Å². The van der Waals surface area contributed by atoms with Gasteiger partial charge >= 0.3 is 13.8 Å². The fourth-order valence-corrected chi connectivity index (χ4v) is 4.97. The van der Waals surface area contributed by atoms with Crippen molar-refractivity contribution in [3.8, 4) is 0 Å². The maximum atomic E-state index is 12.2. The number of unbranched alkanes of at least 4 members (excludes halogenated alkanes) is 14. The number of hydrogen-bond acceptors (Lipinski definition) is 8. The highest BCUT2D eigenvalue weighted by molar-refractivity contribution is 7.47. The number of phosphoric acid groups is 1. The summed E-state index contributed by atoms with van der Waals surface area (Å²) in [7, 11) is -2.87. The van der Waals surface area contributed by atoms with Gasteiger partial charge in [0.15, 0.2) is 0 Å². The quantitative estimate of drug-likeness (QED) is 0.0388. The Labute approximate surface area is 244 Å². The number of esters is 1. The Morgan fingerprint density at radius 1 is 0.775 bits per heavy atom. The van der Waals surface area contributed by atoms with Crippen LogP contribution in [0.4, 0.5) is 0 Å². The maximum Gasteiger partial charge on any atom is 0.472 e. The van der Waals surface area contributed by atoms with E-state index in [-0.39, 0.29) is 25.8 Å². The zero-order valence-corrected chi connectivity index (χ0v) is 26.9. The van der Waals surface area contributed by atoms with Crippen LogP contribution in [0.2, 0.25) is 0 Å². The van der Waals surface area contributed by atoms with Gasteiger partial charge < -0.3 is 19.1 Å². The molecule has 2 unspecified atom stereocenters. The summed E-state index contributed by atoms with van der Waals surface area (Å²) in [5.74, 6) is -0.253. The Hall–Kier alpha value is -0.830. The van der Waals surface area contributed by atoms with Gasteiger partial charge in [0.2, 0.25) is 0 Å². The molecule has 0 saturated carbocycles. The first-order valence-electron chi connectivity index (χ1n) is 15.7. The fraction of sp³-hybridized carbons (Fsp3) is 0.933. The SMILES string of the molecule is CCCCCCCCCCCCCCCCOCC(COP(=O)(O)OCC(C)=NCC)OCCCCC(=O)OC. The lowest BCUT2D eigenvalue weighted by atomic mass is 10.0. The molecule has 0 aliphatic carbocycles. The Balaban J connectivity index is 4.09. The van der Waals surface area contributed by atoms with Gasteiger partial charge in [-0.15, -0.1) is 0 Å². The monoisotopic (exact) mass is 593 g/mol. The molecule has 40 heavy (non-hydrogen) atoms. The van der Waals surface area contributed by atoms with E-state index in [1.165, 1.54) is 84.2 Å². The van der Waals surface area contributed by atoms with Crippen molar-refractivity contribution in [3.63, 3.8) is 0 Å². The van der Waals surface area contributed by atoms with Crippen LogP contribution in [0.5, 0.6) is 0 Å². The van der Waals surface area contributed by atoms with Gasteiger partial charge in [0, 0.05) is 31.9 Å². The molecule has 10 heteroatoms. The minimum atomic E-state index is -4.24. The van der Waals surface area contributed by atoms with Crippen molar-refractivity contribution in [1.82, 2.24) is 0 Å². The maximum absolute atomic E-state index is 12.2. The third-order valence-corrected chi connectivity index (χ3v) is 7.52. The van der Waals surface area contributed by atoms with Gasteiger partial charge in [-0.05, 0) is 33.1 Å². The summed E-state index contributed by atoms with van der Waals surface area (Å²) in [4.78, 5) is 25.4. The molecule has 0 fully saturated rings. The van der Waals surface area contributed by atoms with Gasteiger partial charge in [0.1, 0.15) is 6.10 Å². The summed E-state index contributed by atoms with van der Waals surface area (Å²) in [6.07, 6.45) is 19.4. The molecule has 0 aromatic rings. The van der Waals surface area contributed by atoms with Crippen molar-refractivity contribution >= 4 is 19.5 Å². The molecule has 9 nitrogen and oxygen atoms in total. The van der Waals surface area contributed by atoms with E-state index in [1.54, 1.807) is 6.92 Å². The summed E-state index contributed by atoms with van der Waals surface area (Å²) in [5, 5.41) is 0. The largest absolute Gasteiger partial charge is 0.472 e. The predicted molar refractivity (Wildman–Crippen MR) is 162 cm³/mol. The van der Waals surface area contributed by atoms with Crippen LogP contribution in [0.3, 0.4) is 0 Å². The summed E-state index contributed by atoms with van der Waals surface area (Å²) in [6.45, 7) is 7.49. The fourth-order valence-electron chi connectivity index (χ4n) is 4.19. The number of carbonyl (C=O) groups excluding carboxylic acids is 1. The second-order valence-corrected chi connectivity index (χ2v) is 11.9. The van der Waals surface area contributed by atoms with E-state index in [0.29, 0.717) is 44.7 Å². The Morgan fingerprint density at radius 3 is 1.88 bits per heavy atom. The van der Waals surface area contributed by atoms with Crippen molar-refractivity contribution in [2.24, 2.45) is 4.99 Å². The summed E-state index contributed by atoms with van der Waals surface area (Å²) in [6, 6.07) is 0. The molecule has 0 saturated heterocycles. The molecule has 0 aromatic carbocycles. The topological polar surface area (TPSA) is 113 Å². The second kappa shape index (κ2) is 28.3. The molecule has 2 atom stereocenters. The van der Waals surface area contributed by atoms with Gasteiger partial charge in [-0.25, -0.2) is 4.57 Å². The highest BCUT2D eigenvalue weighted by Crippen LogP contribution is 2.43. The van der Waals surface area contributed by atoms with Crippen molar-refractivity contribution in [2.75, 3.05) is 46.7 Å². The minimum absolute atomic E-state index is 0.0731. The van der Waals surface area contributed by atoms with Gasteiger partial charge in [0.25, 0.3) is 0 Å². The van der Waals surface area contributed by atoms with Gasteiger partial charge in [0.05, 0.1) is 26.9 Å². The number of nitrogens with zero attached hydrogens (tertiary/aromatic N) is 1. The van der Waals surface area contributed by atoms with E-state index in [2.05, 4.69) is 16.7 Å². The van der Waals surface area contributed by atoms with E-state index in [9.17, 15) is 14.3 Å². The zero-order chi connectivity index (χ0) is 29.7. The summed E-state index contributed by atoms with van der Waals surface area (Å²) < 4.78 is 38.7. The zero-order valence-electron chi connectivity index (χ0n) is 26.0. The third kappa shape index (κ3) is 27.3. The Kier molecular flexibility index (Phi) is 27.7. The molecule has 0 heterocycles. The first-order chi connectivity index (χ1) is 19.3. The van der Waals surface area contributed by atoms with E-state index in [0.717, 1.165) is 12.8 Å². The van der Waals surface area contributed by atoms with Gasteiger partial charge in [-0.2, -0.15) is 0 Å². The average molecular weight is 594 g/mol. The van der Waals surface area contributed by atoms with E-state index < -0.39 is 13.9 Å². The van der Waals surface area contributed by atoms with E-state index >= 15 is 0 Å². The predicted octanol–water partition coefficient (Wildman–Crippen LogP) is 7.83.